The van der Waals surface area contributed by atoms with Crippen molar-refractivity contribution in [1.29, 1.82) is 0 Å². The molecule has 0 radical (unpaired) electrons. The predicted octanol–water partition coefficient (Wildman–Crippen LogP) is 4.92. The molecule has 2 aromatic carbocycles. The molecule has 0 saturated carbocycles. The van der Waals surface area contributed by atoms with Crippen molar-refractivity contribution in [1.82, 2.24) is 4.90 Å². The van der Waals surface area contributed by atoms with Gasteiger partial charge in [0.25, 0.3) is 11.1 Å². The van der Waals surface area contributed by atoms with Crippen LogP contribution < -0.4 is 9.47 Å². The Bertz CT molecular complexity index is 1040. The molecule has 0 bridgehead atoms. The third kappa shape index (κ3) is 5.24. The van der Waals surface area contributed by atoms with Crippen LogP contribution >= 0.6 is 43.6 Å². The Balaban J connectivity index is 1.83. The molecule has 1 saturated heterocycles. The van der Waals surface area contributed by atoms with E-state index in [1.807, 2.05) is 24.3 Å². The Hall–Kier alpha value is -2.30. The molecule has 0 atom stereocenters. The lowest BCUT2D eigenvalue weighted by Gasteiger charge is -2.13. The number of methoxy groups -OCH3 is 1. The first-order valence-corrected chi connectivity index (χ1v) is 10.9. The molecule has 2 aromatic rings. The van der Waals surface area contributed by atoms with Crippen LogP contribution in [0.1, 0.15) is 11.1 Å². The maximum absolute atomic E-state index is 12.7. The number of amides is 2. The highest BCUT2D eigenvalue weighted by Crippen LogP contribution is 2.39. The van der Waals surface area contributed by atoms with Crippen LogP contribution in [0, 0.1) is 0 Å². The van der Waals surface area contributed by atoms with Gasteiger partial charge in [-0.15, -0.1) is 0 Å². The summed E-state index contributed by atoms with van der Waals surface area (Å²) in [4.78, 5) is 37.3. The molecule has 0 unspecified atom stereocenters. The molecule has 0 spiro atoms. The minimum Gasteiger partial charge on any atom is -0.493 e. The number of rotatable bonds is 7. The van der Waals surface area contributed by atoms with E-state index in [0.717, 1.165) is 21.8 Å². The molecule has 3 rings (SSSR count). The topological polar surface area (TPSA) is 93.1 Å². The molecule has 0 aromatic heterocycles. The van der Waals surface area contributed by atoms with Gasteiger partial charge in [0.15, 0.2) is 18.1 Å². The number of carboxylic acid groups (broad SMARTS) is 1. The van der Waals surface area contributed by atoms with Crippen molar-refractivity contribution in [2.24, 2.45) is 0 Å². The SMILES string of the molecule is COc1cc(/C=C2\SC(=O)N(Cc3ccc(Br)cc3)C2=O)cc(Br)c1OCC(=O)O. The third-order valence-corrected chi connectivity index (χ3v) is 6.04. The van der Waals surface area contributed by atoms with Crippen molar-refractivity contribution in [2.45, 2.75) is 6.54 Å². The van der Waals surface area contributed by atoms with Crippen LogP contribution in [-0.4, -0.2) is 40.8 Å². The zero-order chi connectivity index (χ0) is 21.8. The van der Waals surface area contributed by atoms with Crippen molar-refractivity contribution < 1.29 is 29.0 Å². The van der Waals surface area contributed by atoms with E-state index in [1.54, 1.807) is 18.2 Å². The van der Waals surface area contributed by atoms with Crippen LogP contribution in [0.5, 0.6) is 11.5 Å². The quantitative estimate of drug-likeness (QED) is 0.484. The molecule has 0 aliphatic carbocycles. The van der Waals surface area contributed by atoms with Gasteiger partial charge in [0.2, 0.25) is 0 Å². The van der Waals surface area contributed by atoms with Crippen LogP contribution in [0.3, 0.4) is 0 Å². The molecule has 1 aliphatic rings. The van der Waals surface area contributed by atoms with Gasteiger partial charge in [-0.1, -0.05) is 28.1 Å². The van der Waals surface area contributed by atoms with Gasteiger partial charge < -0.3 is 14.6 Å². The van der Waals surface area contributed by atoms with Crippen LogP contribution in [0.25, 0.3) is 6.08 Å². The number of ether oxygens (including phenoxy) is 2. The number of thioether (sulfide) groups is 1. The van der Waals surface area contributed by atoms with Gasteiger partial charge in [-0.2, -0.15) is 0 Å². The van der Waals surface area contributed by atoms with E-state index in [9.17, 15) is 14.4 Å². The van der Waals surface area contributed by atoms with Gasteiger partial charge in [-0.3, -0.25) is 14.5 Å². The largest absolute Gasteiger partial charge is 0.493 e. The van der Waals surface area contributed by atoms with E-state index in [2.05, 4.69) is 31.9 Å². The van der Waals surface area contributed by atoms with E-state index in [0.29, 0.717) is 15.8 Å². The minimum absolute atomic E-state index is 0.185. The molecule has 156 valence electrons. The Morgan fingerprint density at radius 3 is 2.53 bits per heavy atom. The number of carboxylic acids is 1. The molecule has 1 heterocycles. The van der Waals surface area contributed by atoms with Gasteiger partial charge >= 0.3 is 5.97 Å². The Morgan fingerprint density at radius 2 is 1.90 bits per heavy atom. The highest BCUT2D eigenvalue weighted by molar-refractivity contribution is 9.10. The number of hydrogen-bond donors (Lipinski definition) is 1. The number of halogens is 2. The van der Waals surface area contributed by atoms with Crippen LogP contribution in [0.2, 0.25) is 0 Å². The maximum Gasteiger partial charge on any atom is 0.341 e. The first-order valence-electron chi connectivity index (χ1n) is 8.50. The maximum atomic E-state index is 12.7. The van der Waals surface area contributed by atoms with Crippen molar-refractivity contribution in [3.05, 3.63) is 61.4 Å². The number of nitrogens with zero attached hydrogens (tertiary/aromatic N) is 1. The second-order valence-electron chi connectivity index (χ2n) is 6.11. The minimum atomic E-state index is -1.12. The summed E-state index contributed by atoms with van der Waals surface area (Å²) in [6.45, 7) is -0.340. The lowest BCUT2D eigenvalue weighted by molar-refractivity contribution is -0.139. The fraction of sp³-hybridized carbons (Fsp3) is 0.150. The Kier molecular flexibility index (Phi) is 7.22. The van der Waals surface area contributed by atoms with Gasteiger partial charge in [-0.25, -0.2) is 4.79 Å². The second-order valence-corrected chi connectivity index (χ2v) is 8.87. The van der Waals surface area contributed by atoms with Gasteiger partial charge in [0.1, 0.15) is 0 Å². The van der Waals surface area contributed by atoms with E-state index in [4.69, 9.17) is 14.6 Å². The number of hydrogen-bond acceptors (Lipinski definition) is 6. The Morgan fingerprint density at radius 1 is 1.20 bits per heavy atom. The van der Waals surface area contributed by atoms with Crippen molar-refractivity contribution in [2.75, 3.05) is 13.7 Å². The summed E-state index contributed by atoms with van der Waals surface area (Å²) in [5.74, 6) is -0.965. The summed E-state index contributed by atoms with van der Waals surface area (Å²) in [5, 5.41) is 8.46. The standard InChI is InChI=1S/C20H15Br2NO6S/c1-28-15-7-12(6-14(22)18(15)29-10-17(24)25)8-16-19(26)23(20(27)30-16)9-11-2-4-13(21)5-3-11/h2-8H,9-10H2,1H3,(H,24,25)/b16-8-. The number of aliphatic carboxylic acids is 1. The molecule has 30 heavy (non-hydrogen) atoms. The molecule has 7 nitrogen and oxygen atoms in total. The summed E-state index contributed by atoms with van der Waals surface area (Å²) in [5.41, 5.74) is 1.43. The van der Waals surface area contributed by atoms with Crippen LogP contribution in [0.15, 0.2) is 50.2 Å². The molecule has 10 heteroatoms. The highest BCUT2D eigenvalue weighted by atomic mass is 79.9. The number of carbonyl (C=O) groups is 3. The smallest absolute Gasteiger partial charge is 0.341 e. The first-order chi connectivity index (χ1) is 14.3. The second kappa shape index (κ2) is 9.67. The average molecular weight is 557 g/mol. The first kappa shape index (κ1) is 22.4. The van der Waals surface area contributed by atoms with E-state index >= 15 is 0 Å². The summed E-state index contributed by atoms with van der Waals surface area (Å²) >= 11 is 7.54. The van der Waals surface area contributed by atoms with Gasteiger partial charge in [0.05, 0.1) is 23.0 Å². The zero-order valence-corrected chi connectivity index (χ0v) is 19.5. The zero-order valence-electron chi connectivity index (χ0n) is 15.6. The predicted molar refractivity (Wildman–Crippen MR) is 119 cm³/mol. The summed E-state index contributed by atoms with van der Waals surface area (Å²) < 4.78 is 11.9. The summed E-state index contributed by atoms with van der Waals surface area (Å²) in [7, 11) is 1.42. The summed E-state index contributed by atoms with van der Waals surface area (Å²) in [6, 6.07) is 10.6. The van der Waals surface area contributed by atoms with Crippen molar-refractivity contribution in [3.8, 4) is 11.5 Å². The number of imide groups is 1. The lowest BCUT2D eigenvalue weighted by Crippen LogP contribution is -2.27. The normalized spacial score (nSPS) is 15.0. The highest BCUT2D eigenvalue weighted by Gasteiger charge is 2.35. The van der Waals surface area contributed by atoms with Crippen LogP contribution in [0.4, 0.5) is 4.79 Å². The van der Waals surface area contributed by atoms with Gasteiger partial charge in [0, 0.05) is 4.47 Å². The molecule has 1 N–H and O–H groups in total. The Labute approximate surface area is 193 Å². The van der Waals surface area contributed by atoms with Crippen LogP contribution in [-0.2, 0) is 16.1 Å². The third-order valence-electron chi connectivity index (χ3n) is 4.02. The number of carbonyl (C=O) groups excluding carboxylic acids is 2. The van der Waals surface area contributed by atoms with E-state index < -0.39 is 12.6 Å². The fourth-order valence-electron chi connectivity index (χ4n) is 2.66. The van der Waals surface area contributed by atoms with E-state index in [1.165, 1.54) is 12.0 Å². The van der Waals surface area contributed by atoms with Crippen molar-refractivity contribution in [3.63, 3.8) is 0 Å². The molecule has 2 amide bonds. The summed E-state index contributed by atoms with van der Waals surface area (Å²) in [6.07, 6.45) is 1.58. The van der Waals surface area contributed by atoms with Crippen molar-refractivity contribution >= 4 is 66.8 Å². The lowest BCUT2D eigenvalue weighted by atomic mass is 10.1. The number of benzene rings is 2. The molecular weight excluding hydrogens is 542 g/mol. The van der Waals surface area contributed by atoms with E-state index in [-0.39, 0.29) is 28.3 Å². The molecule has 1 fully saturated rings. The molecule has 1 aliphatic heterocycles. The molecular formula is C20H15Br2NO6S. The monoisotopic (exact) mass is 555 g/mol. The fourth-order valence-corrected chi connectivity index (χ4v) is 4.33. The average Bonchev–Trinajstić information content (AvgIpc) is 2.95. The van der Waals surface area contributed by atoms with Gasteiger partial charge in [-0.05, 0) is 69.2 Å².